The highest BCUT2D eigenvalue weighted by Crippen LogP contribution is 2.21. The van der Waals surface area contributed by atoms with Crippen molar-refractivity contribution in [2.24, 2.45) is 0 Å². The fraction of sp³-hybridized carbons (Fsp3) is 0.143. The number of nitrogen functional groups attached to an aromatic ring is 1. The van der Waals surface area contributed by atoms with Crippen molar-refractivity contribution in [1.82, 2.24) is 0 Å². The molecule has 4 heteroatoms. The van der Waals surface area contributed by atoms with Crippen molar-refractivity contribution >= 4 is 16.5 Å². The lowest BCUT2D eigenvalue weighted by Gasteiger charge is -2.08. The first-order chi connectivity index (χ1) is 8.58. The van der Waals surface area contributed by atoms with E-state index in [1.165, 1.54) is 12.1 Å². The molecule has 0 amide bonds. The van der Waals surface area contributed by atoms with E-state index in [1.54, 1.807) is 24.3 Å². The number of rotatable bonds is 3. The summed E-state index contributed by atoms with van der Waals surface area (Å²) in [4.78, 5) is 0.735. The summed E-state index contributed by atoms with van der Waals surface area (Å²) in [7, 11) is -1.17. The minimum atomic E-state index is -1.17. The van der Waals surface area contributed by atoms with Gasteiger partial charge in [0.05, 0.1) is 16.6 Å². The maximum atomic E-state index is 12.8. The van der Waals surface area contributed by atoms with Gasteiger partial charge in [0.25, 0.3) is 0 Å². The summed E-state index contributed by atoms with van der Waals surface area (Å²) in [6.07, 6.45) is 0. The van der Waals surface area contributed by atoms with Gasteiger partial charge in [-0.2, -0.15) is 0 Å². The zero-order chi connectivity index (χ0) is 13.1. The van der Waals surface area contributed by atoms with Crippen LogP contribution < -0.4 is 5.73 Å². The zero-order valence-electron chi connectivity index (χ0n) is 10.0. The van der Waals surface area contributed by atoms with E-state index in [4.69, 9.17) is 5.73 Å². The smallest absolute Gasteiger partial charge is 0.123 e. The van der Waals surface area contributed by atoms with E-state index in [-0.39, 0.29) is 5.82 Å². The van der Waals surface area contributed by atoms with Crippen molar-refractivity contribution in [3.63, 3.8) is 0 Å². The van der Waals surface area contributed by atoms with Crippen LogP contribution in [0.25, 0.3) is 0 Å². The molecule has 1 atom stereocenters. The van der Waals surface area contributed by atoms with Crippen LogP contribution in [0.1, 0.15) is 11.1 Å². The number of halogens is 1. The van der Waals surface area contributed by atoms with Crippen LogP contribution in [-0.4, -0.2) is 4.21 Å². The highest BCUT2D eigenvalue weighted by atomic mass is 32.2. The number of anilines is 1. The van der Waals surface area contributed by atoms with Crippen molar-refractivity contribution in [3.8, 4) is 0 Å². The fourth-order valence-corrected chi connectivity index (χ4v) is 3.03. The van der Waals surface area contributed by atoms with Gasteiger partial charge in [-0.3, -0.25) is 4.21 Å². The molecule has 2 nitrogen and oxygen atoms in total. The van der Waals surface area contributed by atoms with Crippen LogP contribution in [0.15, 0.2) is 47.4 Å². The standard InChI is InChI=1S/C14H14FNOS/c1-10-13(16)3-2-4-14(10)18(17)9-11-5-7-12(15)8-6-11/h2-8H,9,16H2,1H3. The highest BCUT2D eigenvalue weighted by Gasteiger charge is 2.09. The van der Waals surface area contributed by atoms with Gasteiger partial charge in [0.1, 0.15) is 5.82 Å². The second-order valence-electron chi connectivity index (χ2n) is 4.09. The number of hydrogen-bond donors (Lipinski definition) is 1. The minimum absolute atomic E-state index is 0.287. The Hall–Kier alpha value is -1.68. The molecule has 0 spiro atoms. The molecule has 0 aromatic heterocycles. The van der Waals surface area contributed by atoms with Crippen molar-refractivity contribution in [2.75, 3.05) is 5.73 Å². The van der Waals surface area contributed by atoms with Crippen LogP contribution in [0.5, 0.6) is 0 Å². The second-order valence-corrected chi connectivity index (χ2v) is 5.51. The second kappa shape index (κ2) is 5.31. The predicted molar refractivity (Wildman–Crippen MR) is 72.1 cm³/mol. The number of nitrogens with two attached hydrogens (primary N) is 1. The van der Waals surface area contributed by atoms with Crippen molar-refractivity contribution in [3.05, 3.63) is 59.4 Å². The Labute approximate surface area is 108 Å². The van der Waals surface area contributed by atoms with E-state index in [0.29, 0.717) is 11.4 Å². The summed E-state index contributed by atoms with van der Waals surface area (Å²) < 4.78 is 25.0. The summed E-state index contributed by atoms with van der Waals surface area (Å²) in [6, 6.07) is 11.4. The van der Waals surface area contributed by atoms with Crippen LogP contribution in [0.3, 0.4) is 0 Å². The van der Waals surface area contributed by atoms with Gasteiger partial charge in [0, 0.05) is 10.6 Å². The molecule has 2 aromatic rings. The summed E-state index contributed by atoms with van der Waals surface area (Å²) >= 11 is 0. The molecular formula is C14H14FNOS. The Morgan fingerprint density at radius 2 is 1.83 bits per heavy atom. The fourth-order valence-electron chi connectivity index (χ4n) is 1.69. The average molecular weight is 263 g/mol. The molecule has 2 aromatic carbocycles. The Morgan fingerprint density at radius 1 is 1.17 bits per heavy atom. The molecule has 0 fully saturated rings. The molecule has 18 heavy (non-hydrogen) atoms. The largest absolute Gasteiger partial charge is 0.398 e. The normalized spacial score (nSPS) is 12.3. The Bertz CT molecular complexity index is 581. The molecule has 0 radical (unpaired) electrons. The molecule has 0 bridgehead atoms. The van der Waals surface area contributed by atoms with E-state index in [9.17, 15) is 8.60 Å². The molecule has 2 rings (SSSR count). The molecule has 0 saturated carbocycles. The lowest BCUT2D eigenvalue weighted by atomic mass is 10.2. The number of hydrogen-bond acceptors (Lipinski definition) is 2. The number of benzene rings is 2. The summed E-state index contributed by atoms with van der Waals surface area (Å²) in [5, 5.41) is 0. The summed E-state index contributed by atoms with van der Waals surface area (Å²) in [6.45, 7) is 1.85. The zero-order valence-corrected chi connectivity index (χ0v) is 10.8. The van der Waals surface area contributed by atoms with E-state index < -0.39 is 10.8 Å². The molecule has 1 unspecified atom stereocenters. The Morgan fingerprint density at radius 3 is 2.50 bits per heavy atom. The Kier molecular flexibility index (Phi) is 3.77. The SMILES string of the molecule is Cc1c(N)cccc1S(=O)Cc1ccc(F)cc1. The molecule has 0 aliphatic rings. The van der Waals surface area contributed by atoms with Crippen LogP contribution in [0.2, 0.25) is 0 Å². The minimum Gasteiger partial charge on any atom is -0.398 e. The molecule has 94 valence electrons. The first kappa shape index (κ1) is 12.8. The summed E-state index contributed by atoms with van der Waals surface area (Å²) in [5.74, 6) is 0.0783. The molecule has 0 heterocycles. The lowest BCUT2D eigenvalue weighted by Crippen LogP contribution is -2.01. The third kappa shape index (κ3) is 2.76. The van der Waals surface area contributed by atoms with Crippen molar-refractivity contribution in [2.45, 2.75) is 17.6 Å². The van der Waals surface area contributed by atoms with Gasteiger partial charge in [-0.25, -0.2) is 4.39 Å². The van der Waals surface area contributed by atoms with Gasteiger partial charge in [0.15, 0.2) is 0 Å². The van der Waals surface area contributed by atoms with Gasteiger partial charge in [-0.1, -0.05) is 18.2 Å². The summed E-state index contributed by atoms with van der Waals surface area (Å²) in [5.41, 5.74) is 8.12. The third-order valence-corrected chi connectivity index (χ3v) is 4.31. The highest BCUT2D eigenvalue weighted by molar-refractivity contribution is 7.84. The van der Waals surface area contributed by atoms with E-state index in [2.05, 4.69) is 0 Å². The van der Waals surface area contributed by atoms with E-state index in [1.807, 2.05) is 13.0 Å². The van der Waals surface area contributed by atoms with Crippen LogP contribution in [0, 0.1) is 12.7 Å². The first-order valence-electron chi connectivity index (χ1n) is 5.56. The lowest BCUT2D eigenvalue weighted by molar-refractivity contribution is 0.627. The van der Waals surface area contributed by atoms with Crippen molar-refractivity contribution < 1.29 is 8.60 Å². The van der Waals surface area contributed by atoms with Crippen molar-refractivity contribution in [1.29, 1.82) is 0 Å². The van der Waals surface area contributed by atoms with Gasteiger partial charge in [0.2, 0.25) is 0 Å². The molecule has 0 aliphatic carbocycles. The van der Waals surface area contributed by atoms with Gasteiger partial charge in [-0.05, 0) is 42.3 Å². The maximum Gasteiger partial charge on any atom is 0.123 e. The van der Waals surface area contributed by atoms with Crippen LogP contribution >= 0.6 is 0 Å². The maximum absolute atomic E-state index is 12.8. The van der Waals surface area contributed by atoms with Gasteiger partial charge in [-0.15, -0.1) is 0 Å². The van der Waals surface area contributed by atoms with E-state index >= 15 is 0 Å². The third-order valence-electron chi connectivity index (χ3n) is 2.78. The average Bonchev–Trinajstić information content (AvgIpc) is 2.35. The monoisotopic (exact) mass is 263 g/mol. The predicted octanol–water partition coefficient (Wildman–Crippen LogP) is 3.02. The van der Waals surface area contributed by atoms with E-state index in [0.717, 1.165) is 16.0 Å². The molecular weight excluding hydrogens is 249 g/mol. The van der Waals surface area contributed by atoms with Gasteiger partial charge < -0.3 is 5.73 Å². The van der Waals surface area contributed by atoms with Crippen LogP contribution in [-0.2, 0) is 16.6 Å². The Balaban J connectivity index is 2.22. The molecule has 0 aliphatic heterocycles. The van der Waals surface area contributed by atoms with Gasteiger partial charge >= 0.3 is 0 Å². The van der Waals surface area contributed by atoms with Crippen LogP contribution in [0.4, 0.5) is 10.1 Å². The molecule has 2 N–H and O–H groups in total. The topological polar surface area (TPSA) is 43.1 Å². The quantitative estimate of drug-likeness (QED) is 0.865. The first-order valence-corrected chi connectivity index (χ1v) is 6.87. The molecule has 0 saturated heterocycles.